The van der Waals surface area contributed by atoms with Gasteiger partial charge in [0.2, 0.25) is 0 Å². The fraction of sp³-hybridized carbons (Fsp3) is 0.600. The quantitative estimate of drug-likeness (QED) is 0.563. The Hall–Kier alpha value is -0.303. The second-order valence-corrected chi connectivity index (χ2v) is 5.87. The normalized spacial score (nSPS) is 17.1. The van der Waals surface area contributed by atoms with Gasteiger partial charge in [-0.05, 0) is 12.8 Å². The molecule has 0 aromatic rings. The van der Waals surface area contributed by atoms with E-state index >= 15 is 0 Å². The number of rotatable bonds is 3. The minimum Gasteiger partial charge on any atom is -0.0815 e. The summed E-state index contributed by atoms with van der Waals surface area (Å²) in [4.78, 5) is 0. The van der Waals surface area contributed by atoms with E-state index in [0.29, 0.717) is 0 Å². The second-order valence-electron chi connectivity index (χ2n) is 3.33. The van der Waals surface area contributed by atoms with Crippen molar-refractivity contribution in [1.29, 1.82) is 0 Å². The molecule has 1 aliphatic rings. The van der Waals surface area contributed by atoms with Crippen LogP contribution in [0.25, 0.3) is 0 Å². The Bertz CT molecular complexity index is 187. The van der Waals surface area contributed by atoms with Crippen LogP contribution in [0.5, 0.6) is 0 Å². The minimum atomic E-state index is -0.190. The number of hydrogen-bond donors (Lipinski definition) is 0. The highest BCUT2D eigenvalue weighted by molar-refractivity contribution is 6.65. The molecule has 0 saturated carbocycles. The Kier molecular flexibility index (Phi) is 3.12. The van der Waals surface area contributed by atoms with E-state index in [1.807, 2.05) is 0 Å². The van der Waals surface area contributed by atoms with Crippen LogP contribution in [0.15, 0.2) is 22.9 Å². The summed E-state index contributed by atoms with van der Waals surface area (Å²) in [6.07, 6.45) is 8.59. The maximum absolute atomic E-state index is 2.42. The van der Waals surface area contributed by atoms with E-state index in [9.17, 15) is 0 Å². The molecule has 0 spiro atoms. The van der Waals surface area contributed by atoms with Crippen LogP contribution in [-0.2, 0) is 0 Å². The van der Waals surface area contributed by atoms with Crippen molar-refractivity contribution >= 4 is 8.80 Å². The van der Waals surface area contributed by atoms with Gasteiger partial charge in [0, 0.05) is 0 Å². The van der Waals surface area contributed by atoms with Crippen molar-refractivity contribution in [3.05, 3.63) is 22.9 Å². The van der Waals surface area contributed by atoms with E-state index in [2.05, 4.69) is 32.2 Å². The molecule has 0 unspecified atom stereocenters. The predicted molar refractivity (Wildman–Crippen MR) is 53.2 cm³/mol. The molecule has 1 rings (SSSR count). The van der Waals surface area contributed by atoms with E-state index < -0.39 is 0 Å². The molecule has 0 bridgehead atoms. The Morgan fingerprint density at radius 2 is 2.09 bits per heavy atom. The average molecular weight is 165 g/mol. The first-order valence-electron chi connectivity index (χ1n) is 4.45. The lowest BCUT2D eigenvalue weighted by atomic mass is 10.2. The van der Waals surface area contributed by atoms with E-state index in [4.69, 9.17) is 0 Å². The summed E-state index contributed by atoms with van der Waals surface area (Å²) in [7, 11) is -0.190. The summed E-state index contributed by atoms with van der Waals surface area (Å²) in [5, 5.41) is 1.69. The van der Waals surface area contributed by atoms with Crippen LogP contribution in [0.3, 0.4) is 0 Å². The highest BCUT2D eigenvalue weighted by Crippen LogP contribution is 2.25. The molecule has 0 N–H and O–H groups in total. The van der Waals surface area contributed by atoms with Crippen LogP contribution in [0, 0.1) is 0 Å². The van der Waals surface area contributed by atoms with E-state index in [1.165, 1.54) is 19.3 Å². The predicted octanol–water partition coefficient (Wildman–Crippen LogP) is 3.34. The number of hydrogen-bond acceptors (Lipinski definition) is 0. The van der Waals surface area contributed by atoms with Crippen LogP contribution in [-0.4, -0.2) is 8.80 Å². The van der Waals surface area contributed by atoms with Gasteiger partial charge in [-0.1, -0.05) is 49.4 Å². The lowest BCUT2D eigenvalue weighted by Crippen LogP contribution is -2.06. The van der Waals surface area contributed by atoms with E-state index in [0.717, 1.165) is 0 Å². The van der Waals surface area contributed by atoms with Gasteiger partial charge in [-0.3, -0.25) is 0 Å². The Balaban J connectivity index is 2.60. The third kappa shape index (κ3) is 2.06. The van der Waals surface area contributed by atoms with Crippen molar-refractivity contribution in [1.82, 2.24) is 0 Å². The summed E-state index contributed by atoms with van der Waals surface area (Å²) in [6, 6.07) is 0. The third-order valence-corrected chi connectivity index (χ3v) is 3.69. The number of allylic oxidation sites excluding steroid dienone is 4. The van der Waals surface area contributed by atoms with Gasteiger partial charge >= 0.3 is 0 Å². The molecule has 0 atom stereocenters. The molecule has 0 aliphatic heterocycles. The van der Waals surface area contributed by atoms with Crippen LogP contribution < -0.4 is 0 Å². The lowest BCUT2D eigenvalue weighted by molar-refractivity contribution is 0.923. The van der Waals surface area contributed by atoms with Crippen molar-refractivity contribution in [3.63, 3.8) is 0 Å². The summed E-state index contributed by atoms with van der Waals surface area (Å²) in [5.41, 5.74) is 1.64. The molecule has 0 aromatic carbocycles. The molecule has 0 heterocycles. The fourth-order valence-electron chi connectivity index (χ4n) is 1.59. The molecule has 0 amide bonds. The topological polar surface area (TPSA) is 0 Å². The second kappa shape index (κ2) is 3.91. The van der Waals surface area contributed by atoms with Crippen LogP contribution >= 0.6 is 0 Å². The van der Waals surface area contributed by atoms with Crippen LogP contribution in [0.1, 0.15) is 26.2 Å². The van der Waals surface area contributed by atoms with Crippen LogP contribution in [0.4, 0.5) is 0 Å². The molecule has 0 fully saturated rings. The maximum atomic E-state index is 2.42. The maximum Gasteiger partial charge on any atom is 0.0791 e. The highest BCUT2D eigenvalue weighted by Gasteiger charge is 2.12. The zero-order chi connectivity index (χ0) is 8.27. The largest absolute Gasteiger partial charge is 0.0815 e. The van der Waals surface area contributed by atoms with Gasteiger partial charge in [-0.2, -0.15) is 0 Å². The van der Waals surface area contributed by atoms with Gasteiger partial charge in [-0.25, -0.2) is 0 Å². The first kappa shape index (κ1) is 8.79. The van der Waals surface area contributed by atoms with Gasteiger partial charge < -0.3 is 0 Å². The zero-order valence-corrected chi connectivity index (χ0v) is 8.78. The van der Waals surface area contributed by atoms with E-state index in [-0.39, 0.29) is 8.80 Å². The Morgan fingerprint density at radius 3 is 2.64 bits per heavy atom. The minimum absolute atomic E-state index is 0.190. The molecule has 0 saturated heterocycles. The molecule has 0 nitrogen and oxygen atoms in total. The fourth-order valence-corrected chi connectivity index (χ4v) is 2.99. The summed E-state index contributed by atoms with van der Waals surface area (Å²) < 4.78 is 0. The molecule has 1 aliphatic carbocycles. The van der Waals surface area contributed by atoms with Crippen molar-refractivity contribution in [3.8, 4) is 0 Å². The molecule has 11 heavy (non-hydrogen) atoms. The van der Waals surface area contributed by atoms with Gasteiger partial charge in [-0.15, -0.1) is 0 Å². The Labute approximate surface area is 71.6 Å². The van der Waals surface area contributed by atoms with Crippen molar-refractivity contribution in [2.75, 3.05) is 0 Å². The average Bonchev–Trinajstić information content (AvgIpc) is 2.36. The highest BCUT2D eigenvalue weighted by atomic mass is 28.3. The Morgan fingerprint density at radius 1 is 1.36 bits per heavy atom. The van der Waals surface area contributed by atoms with Gasteiger partial charge in [0.05, 0.1) is 8.80 Å². The first-order valence-corrected chi connectivity index (χ1v) is 6.95. The first-order chi connectivity index (χ1) is 5.25. The van der Waals surface area contributed by atoms with Gasteiger partial charge in [0.15, 0.2) is 0 Å². The summed E-state index contributed by atoms with van der Waals surface area (Å²) in [5.74, 6) is 0. The van der Waals surface area contributed by atoms with E-state index in [1.54, 1.807) is 10.8 Å². The zero-order valence-electron chi connectivity index (χ0n) is 7.78. The molecular weight excluding hydrogens is 148 g/mol. The summed E-state index contributed by atoms with van der Waals surface area (Å²) >= 11 is 0. The molecule has 0 aromatic heterocycles. The smallest absolute Gasteiger partial charge is 0.0791 e. The SMILES string of the molecule is CCCC1=CCC=C1[Si](C)C. The monoisotopic (exact) mass is 165 g/mol. The third-order valence-electron chi connectivity index (χ3n) is 2.09. The standard InChI is InChI=1S/C10H17Si/c1-4-6-9-7-5-8-10(9)11(2)3/h7-8H,4-6H2,1-3H3. The lowest BCUT2D eigenvalue weighted by Gasteiger charge is -2.09. The molecule has 1 radical (unpaired) electrons. The van der Waals surface area contributed by atoms with Crippen LogP contribution in [0.2, 0.25) is 13.1 Å². The summed E-state index contributed by atoms with van der Waals surface area (Å²) in [6.45, 7) is 7.02. The van der Waals surface area contributed by atoms with Gasteiger partial charge in [0.1, 0.15) is 0 Å². The molecular formula is C10H17Si. The van der Waals surface area contributed by atoms with Crippen molar-refractivity contribution in [2.24, 2.45) is 0 Å². The van der Waals surface area contributed by atoms with Crippen molar-refractivity contribution in [2.45, 2.75) is 39.3 Å². The molecule has 61 valence electrons. The van der Waals surface area contributed by atoms with Crippen molar-refractivity contribution < 1.29 is 0 Å². The van der Waals surface area contributed by atoms with Gasteiger partial charge in [0.25, 0.3) is 0 Å². The molecule has 1 heteroatoms.